The number of aromatic nitrogens is 2. The molecular formula is C25H23ClN4OS. The van der Waals surface area contributed by atoms with Gasteiger partial charge in [-0.25, -0.2) is 4.98 Å². The van der Waals surface area contributed by atoms with Gasteiger partial charge in [-0.15, -0.1) is 11.3 Å². The maximum absolute atomic E-state index is 13.2. The number of halogens is 1. The van der Waals surface area contributed by atoms with E-state index in [1.165, 1.54) is 24.2 Å². The normalized spacial score (nSPS) is 18.5. The van der Waals surface area contributed by atoms with Crippen LogP contribution >= 0.6 is 22.9 Å². The number of hydrogen-bond donors (Lipinski definition) is 1. The molecule has 1 aliphatic carbocycles. The standard InChI is InChI=1S/C25H23ClN4OS/c26-18-3-1-16(2-4-18)22-13-17-9-12-30(25(31)24(17)32-22)21-7-8-23(27-14-21)29-11-10-20(15-29)28-19-5-6-19/h1-4,7-9,12-14,19-20,28H,5-6,10-11,15H2/t20-/m1/s1. The Labute approximate surface area is 195 Å². The monoisotopic (exact) mass is 462 g/mol. The molecule has 1 saturated heterocycles. The van der Waals surface area contributed by atoms with Gasteiger partial charge in [-0.05, 0) is 61.2 Å². The molecule has 162 valence electrons. The van der Waals surface area contributed by atoms with Crippen LogP contribution in [0.4, 0.5) is 5.82 Å². The Balaban J connectivity index is 1.26. The van der Waals surface area contributed by atoms with Crippen LogP contribution in [0.15, 0.2) is 65.7 Å². The van der Waals surface area contributed by atoms with Crippen LogP contribution in [0.5, 0.6) is 0 Å². The highest BCUT2D eigenvalue weighted by Crippen LogP contribution is 2.32. The molecule has 4 heterocycles. The maximum Gasteiger partial charge on any atom is 0.273 e. The summed E-state index contributed by atoms with van der Waals surface area (Å²) in [6.07, 6.45) is 7.43. The Hall–Kier alpha value is -2.67. The van der Waals surface area contributed by atoms with E-state index in [-0.39, 0.29) is 5.56 Å². The van der Waals surface area contributed by atoms with Gasteiger partial charge in [-0.2, -0.15) is 0 Å². The van der Waals surface area contributed by atoms with Crippen molar-refractivity contribution in [3.05, 3.63) is 76.3 Å². The molecular weight excluding hydrogens is 440 g/mol. The summed E-state index contributed by atoms with van der Waals surface area (Å²) in [5.74, 6) is 0.976. The van der Waals surface area contributed by atoms with Crippen molar-refractivity contribution in [2.45, 2.75) is 31.3 Å². The molecule has 6 rings (SSSR count). The van der Waals surface area contributed by atoms with Crippen LogP contribution in [0.25, 0.3) is 26.2 Å². The van der Waals surface area contributed by atoms with E-state index in [1.807, 2.05) is 48.7 Å². The lowest BCUT2D eigenvalue weighted by Crippen LogP contribution is -2.34. The molecule has 1 N–H and O–H groups in total. The number of benzene rings is 1. The van der Waals surface area contributed by atoms with Crippen LogP contribution in [0.1, 0.15) is 19.3 Å². The number of anilines is 1. The fourth-order valence-electron chi connectivity index (χ4n) is 4.38. The number of nitrogens with zero attached hydrogens (tertiary/aromatic N) is 3. The first-order valence-corrected chi connectivity index (χ1v) is 12.2. The van der Waals surface area contributed by atoms with Crippen molar-refractivity contribution < 1.29 is 0 Å². The summed E-state index contributed by atoms with van der Waals surface area (Å²) in [6.45, 7) is 2.02. The van der Waals surface area contributed by atoms with Crippen molar-refractivity contribution in [2.24, 2.45) is 0 Å². The van der Waals surface area contributed by atoms with E-state index in [9.17, 15) is 4.79 Å². The molecule has 2 aliphatic rings. The number of hydrogen-bond acceptors (Lipinski definition) is 5. The zero-order valence-electron chi connectivity index (χ0n) is 17.5. The van der Waals surface area contributed by atoms with Crippen molar-refractivity contribution in [1.29, 1.82) is 0 Å². The quantitative estimate of drug-likeness (QED) is 0.448. The van der Waals surface area contributed by atoms with Gasteiger partial charge < -0.3 is 10.2 Å². The average Bonchev–Trinajstić information content (AvgIpc) is 3.31. The van der Waals surface area contributed by atoms with Crippen LogP contribution in [-0.2, 0) is 0 Å². The molecule has 1 aromatic carbocycles. The molecule has 0 spiro atoms. The minimum Gasteiger partial charge on any atom is -0.355 e. The lowest BCUT2D eigenvalue weighted by Gasteiger charge is -2.18. The van der Waals surface area contributed by atoms with Crippen molar-refractivity contribution in [3.63, 3.8) is 0 Å². The first-order chi connectivity index (χ1) is 15.6. The Kier molecular flexibility index (Phi) is 5.01. The molecule has 0 amide bonds. The second-order valence-electron chi connectivity index (χ2n) is 8.64. The summed E-state index contributed by atoms with van der Waals surface area (Å²) in [4.78, 5) is 21.3. The molecule has 0 bridgehead atoms. The fraction of sp³-hybridized carbons (Fsp3) is 0.280. The van der Waals surface area contributed by atoms with Gasteiger partial charge in [0.25, 0.3) is 5.56 Å². The van der Waals surface area contributed by atoms with Crippen LogP contribution in [0, 0.1) is 0 Å². The van der Waals surface area contributed by atoms with E-state index in [4.69, 9.17) is 11.6 Å². The van der Waals surface area contributed by atoms with Gasteiger partial charge in [0.05, 0.1) is 11.9 Å². The molecule has 2 fully saturated rings. The smallest absolute Gasteiger partial charge is 0.273 e. The van der Waals surface area contributed by atoms with E-state index in [1.54, 1.807) is 10.8 Å². The predicted molar refractivity (Wildman–Crippen MR) is 132 cm³/mol. The van der Waals surface area contributed by atoms with Crippen molar-refractivity contribution >= 4 is 38.8 Å². The Morgan fingerprint density at radius 1 is 1.03 bits per heavy atom. The van der Waals surface area contributed by atoms with E-state index >= 15 is 0 Å². The number of thiophene rings is 1. The molecule has 0 radical (unpaired) electrons. The van der Waals surface area contributed by atoms with Crippen molar-refractivity contribution in [2.75, 3.05) is 18.0 Å². The highest BCUT2D eigenvalue weighted by Gasteiger charge is 2.29. The van der Waals surface area contributed by atoms with Crippen molar-refractivity contribution in [3.8, 4) is 16.1 Å². The minimum atomic E-state index is -0.0165. The van der Waals surface area contributed by atoms with Crippen LogP contribution < -0.4 is 15.8 Å². The minimum absolute atomic E-state index is 0.0165. The average molecular weight is 463 g/mol. The fourth-order valence-corrected chi connectivity index (χ4v) is 5.60. The first-order valence-electron chi connectivity index (χ1n) is 11.0. The summed E-state index contributed by atoms with van der Waals surface area (Å²) in [6, 6.07) is 17.1. The topological polar surface area (TPSA) is 50.2 Å². The number of nitrogens with one attached hydrogen (secondary N) is 1. The zero-order chi connectivity index (χ0) is 21.7. The molecule has 1 atom stereocenters. The van der Waals surface area contributed by atoms with Gasteiger partial charge in [-0.1, -0.05) is 23.7 Å². The predicted octanol–water partition coefficient (Wildman–Crippen LogP) is 5.10. The Morgan fingerprint density at radius 3 is 2.62 bits per heavy atom. The molecule has 5 nitrogen and oxygen atoms in total. The largest absolute Gasteiger partial charge is 0.355 e. The molecule has 1 aliphatic heterocycles. The lowest BCUT2D eigenvalue weighted by molar-refractivity contribution is 0.548. The second-order valence-corrected chi connectivity index (χ2v) is 10.1. The lowest BCUT2D eigenvalue weighted by atomic mass is 10.2. The highest BCUT2D eigenvalue weighted by molar-refractivity contribution is 7.22. The van der Waals surface area contributed by atoms with Gasteiger partial charge >= 0.3 is 0 Å². The van der Waals surface area contributed by atoms with Crippen LogP contribution in [0.3, 0.4) is 0 Å². The summed E-state index contributed by atoms with van der Waals surface area (Å²) in [5.41, 5.74) is 1.83. The SMILES string of the molecule is O=c1c2sc(-c3ccc(Cl)cc3)cc2ccn1-c1ccc(N2CC[C@@H](NC3CC3)C2)nc1. The maximum atomic E-state index is 13.2. The number of pyridine rings is 2. The van der Waals surface area contributed by atoms with Crippen LogP contribution in [-0.4, -0.2) is 34.7 Å². The molecule has 4 aromatic rings. The third-order valence-electron chi connectivity index (χ3n) is 6.28. The Morgan fingerprint density at radius 2 is 1.88 bits per heavy atom. The molecule has 3 aromatic heterocycles. The highest BCUT2D eigenvalue weighted by atomic mass is 35.5. The van der Waals surface area contributed by atoms with E-state index < -0.39 is 0 Å². The third kappa shape index (κ3) is 3.83. The molecule has 0 unspecified atom stereocenters. The van der Waals surface area contributed by atoms with E-state index in [0.717, 1.165) is 57.6 Å². The number of rotatable bonds is 5. The van der Waals surface area contributed by atoms with Gasteiger partial charge in [0.1, 0.15) is 10.5 Å². The van der Waals surface area contributed by atoms with E-state index in [0.29, 0.717) is 11.1 Å². The first kappa shape index (κ1) is 20.0. The molecule has 7 heteroatoms. The number of fused-ring (bicyclic) bond motifs is 1. The van der Waals surface area contributed by atoms with Gasteiger partial charge in [0.2, 0.25) is 0 Å². The van der Waals surface area contributed by atoms with E-state index in [2.05, 4.69) is 21.3 Å². The molecule has 32 heavy (non-hydrogen) atoms. The van der Waals surface area contributed by atoms with Gasteiger partial charge in [0, 0.05) is 46.7 Å². The van der Waals surface area contributed by atoms with Crippen LogP contribution in [0.2, 0.25) is 5.02 Å². The Bertz CT molecular complexity index is 1330. The van der Waals surface area contributed by atoms with Crippen molar-refractivity contribution in [1.82, 2.24) is 14.9 Å². The second kappa shape index (κ2) is 8.03. The summed E-state index contributed by atoms with van der Waals surface area (Å²) >= 11 is 7.52. The molecule has 1 saturated carbocycles. The van der Waals surface area contributed by atoms with Gasteiger partial charge in [0.15, 0.2) is 0 Å². The summed E-state index contributed by atoms with van der Waals surface area (Å²) in [7, 11) is 0. The summed E-state index contributed by atoms with van der Waals surface area (Å²) < 4.78 is 2.43. The summed E-state index contributed by atoms with van der Waals surface area (Å²) in [5, 5.41) is 5.37. The third-order valence-corrected chi connectivity index (χ3v) is 7.72. The van der Waals surface area contributed by atoms with Gasteiger partial charge in [-0.3, -0.25) is 9.36 Å². The zero-order valence-corrected chi connectivity index (χ0v) is 19.1.